The lowest BCUT2D eigenvalue weighted by Gasteiger charge is -2.25. The molecule has 3 heteroatoms. The van der Waals surface area contributed by atoms with Crippen molar-refractivity contribution in [3.63, 3.8) is 0 Å². The fourth-order valence-corrected chi connectivity index (χ4v) is 2.48. The molecule has 3 nitrogen and oxygen atoms in total. The summed E-state index contributed by atoms with van der Waals surface area (Å²) in [5.41, 5.74) is 2.83. The molecule has 0 saturated carbocycles. The molecular formula is C15H23N3. The highest BCUT2D eigenvalue weighted by Gasteiger charge is 2.24. The van der Waals surface area contributed by atoms with Gasteiger partial charge in [-0.05, 0) is 18.7 Å². The van der Waals surface area contributed by atoms with Gasteiger partial charge in [0.15, 0.2) is 0 Å². The third-order valence-electron chi connectivity index (χ3n) is 3.49. The van der Waals surface area contributed by atoms with Gasteiger partial charge >= 0.3 is 0 Å². The van der Waals surface area contributed by atoms with Crippen molar-refractivity contribution in [2.75, 3.05) is 20.3 Å². The molecule has 0 bridgehead atoms. The first kappa shape index (κ1) is 13.1. The quantitative estimate of drug-likeness (QED) is 0.625. The van der Waals surface area contributed by atoms with E-state index in [4.69, 9.17) is 0 Å². The van der Waals surface area contributed by atoms with E-state index < -0.39 is 0 Å². The monoisotopic (exact) mass is 245 g/mol. The molecule has 0 aliphatic carbocycles. The van der Waals surface area contributed by atoms with E-state index in [1.165, 1.54) is 16.5 Å². The van der Waals surface area contributed by atoms with Crippen LogP contribution in [0.25, 0.3) is 10.9 Å². The zero-order valence-corrected chi connectivity index (χ0v) is 11.7. The molecule has 98 valence electrons. The van der Waals surface area contributed by atoms with Crippen molar-refractivity contribution in [1.82, 2.24) is 15.2 Å². The second kappa shape index (κ2) is 5.12. The molecule has 0 amide bonds. The van der Waals surface area contributed by atoms with Gasteiger partial charge in [0.05, 0.1) is 0 Å². The second-order valence-electron chi connectivity index (χ2n) is 5.51. The Morgan fingerprint density at radius 2 is 1.94 bits per heavy atom. The number of benzene rings is 1. The smallest absolute Gasteiger partial charge is 0.0480 e. The topological polar surface area (TPSA) is 29.0 Å². The standard InChI is InChI=1S/C15H23N3/c1-15(2,10-17-11-16-3)13-9-18(4)14-8-6-5-7-12(13)14/h5-9,16-17H,10-11H2,1-4H3. The molecule has 0 saturated heterocycles. The van der Waals surface area contributed by atoms with Crippen LogP contribution in [0.1, 0.15) is 19.4 Å². The highest BCUT2D eigenvalue weighted by molar-refractivity contribution is 5.85. The van der Waals surface area contributed by atoms with E-state index in [0.717, 1.165) is 13.2 Å². The highest BCUT2D eigenvalue weighted by atomic mass is 15.0. The fraction of sp³-hybridized carbons (Fsp3) is 0.467. The van der Waals surface area contributed by atoms with Gasteiger partial charge in [0.1, 0.15) is 0 Å². The van der Waals surface area contributed by atoms with E-state index in [-0.39, 0.29) is 5.41 Å². The van der Waals surface area contributed by atoms with E-state index in [1.54, 1.807) is 0 Å². The first-order chi connectivity index (χ1) is 8.56. The molecule has 1 aromatic carbocycles. The third kappa shape index (κ3) is 2.42. The Balaban J connectivity index is 2.35. The van der Waals surface area contributed by atoms with Crippen molar-refractivity contribution in [1.29, 1.82) is 0 Å². The van der Waals surface area contributed by atoms with Crippen LogP contribution >= 0.6 is 0 Å². The average Bonchev–Trinajstić information content (AvgIpc) is 2.69. The molecule has 0 aliphatic heterocycles. The van der Waals surface area contributed by atoms with Gasteiger partial charge in [-0.1, -0.05) is 32.0 Å². The van der Waals surface area contributed by atoms with Gasteiger partial charge in [0, 0.05) is 42.8 Å². The number of aromatic nitrogens is 1. The maximum absolute atomic E-state index is 3.43. The lowest BCUT2D eigenvalue weighted by molar-refractivity contribution is 0.463. The van der Waals surface area contributed by atoms with Gasteiger partial charge in [0.2, 0.25) is 0 Å². The zero-order valence-electron chi connectivity index (χ0n) is 11.7. The van der Waals surface area contributed by atoms with Gasteiger partial charge in [-0.15, -0.1) is 0 Å². The Morgan fingerprint density at radius 1 is 1.22 bits per heavy atom. The van der Waals surface area contributed by atoms with Crippen LogP contribution in [0.5, 0.6) is 0 Å². The maximum Gasteiger partial charge on any atom is 0.0480 e. The third-order valence-corrected chi connectivity index (χ3v) is 3.49. The van der Waals surface area contributed by atoms with Crippen molar-refractivity contribution in [3.05, 3.63) is 36.0 Å². The highest BCUT2D eigenvalue weighted by Crippen LogP contribution is 2.31. The fourth-order valence-electron chi connectivity index (χ4n) is 2.48. The molecule has 0 radical (unpaired) electrons. The minimum Gasteiger partial charge on any atom is -0.350 e. The van der Waals surface area contributed by atoms with Crippen LogP contribution in [0.15, 0.2) is 30.5 Å². The summed E-state index contributed by atoms with van der Waals surface area (Å²) in [7, 11) is 4.07. The predicted octanol–water partition coefficient (Wildman–Crippen LogP) is 2.22. The van der Waals surface area contributed by atoms with Crippen molar-refractivity contribution in [3.8, 4) is 0 Å². The molecule has 2 N–H and O–H groups in total. The molecule has 1 aromatic heterocycles. The summed E-state index contributed by atoms with van der Waals surface area (Å²) in [6.07, 6.45) is 2.26. The van der Waals surface area contributed by atoms with Crippen LogP contribution in [0.3, 0.4) is 0 Å². The van der Waals surface area contributed by atoms with Crippen LogP contribution in [0, 0.1) is 0 Å². The number of aryl methyl sites for hydroxylation is 1. The molecule has 2 rings (SSSR count). The van der Waals surface area contributed by atoms with Crippen LogP contribution in [0.2, 0.25) is 0 Å². The Hall–Kier alpha value is -1.32. The van der Waals surface area contributed by atoms with Crippen molar-refractivity contribution >= 4 is 10.9 Å². The summed E-state index contributed by atoms with van der Waals surface area (Å²) in [5.74, 6) is 0. The molecule has 2 aromatic rings. The number of hydrogen-bond donors (Lipinski definition) is 2. The molecule has 1 heterocycles. The van der Waals surface area contributed by atoms with Crippen molar-refractivity contribution in [2.45, 2.75) is 19.3 Å². The number of fused-ring (bicyclic) bond motifs is 1. The van der Waals surface area contributed by atoms with Gasteiger partial charge in [-0.3, -0.25) is 0 Å². The summed E-state index contributed by atoms with van der Waals surface area (Å²) in [4.78, 5) is 0. The molecule has 0 aliphatic rings. The Bertz CT molecular complexity index is 526. The first-order valence-electron chi connectivity index (χ1n) is 6.46. The van der Waals surface area contributed by atoms with E-state index in [9.17, 15) is 0 Å². The Kier molecular flexibility index (Phi) is 3.73. The SMILES string of the molecule is CNCNCC(C)(C)c1cn(C)c2ccccc12. The first-order valence-corrected chi connectivity index (χ1v) is 6.46. The number of rotatable bonds is 5. The number of hydrogen-bond acceptors (Lipinski definition) is 2. The summed E-state index contributed by atoms with van der Waals surface area (Å²) < 4.78 is 2.21. The number of nitrogens with zero attached hydrogens (tertiary/aromatic N) is 1. The predicted molar refractivity (Wildman–Crippen MR) is 77.9 cm³/mol. The van der Waals surface area contributed by atoms with Gasteiger partial charge in [-0.25, -0.2) is 0 Å². The van der Waals surface area contributed by atoms with E-state index in [2.05, 4.69) is 66.6 Å². The lowest BCUT2D eigenvalue weighted by atomic mass is 9.84. The summed E-state index contributed by atoms with van der Waals surface area (Å²) >= 11 is 0. The number of nitrogens with one attached hydrogen (secondary N) is 2. The van der Waals surface area contributed by atoms with Crippen LogP contribution in [-0.2, 0) is 12.5 Å². The van der Waals surface area contributed by atoms with Crippen LogP contribution in [0.4, 0.5) is 0 Å². The van der Waals surface area contributed by atoms with Gasteiger partial charge in [-0.2, -0.15) is 0 Å². The molecule has 0 atom stereocenters. The average molecular weight is 245 g/mol. The van der Waals surface area contributed by atoms with Crippen molar-refractivity contribution in [2.24, 2.45) is 7.05 Å². The summed E-state index contributed by atoms with van der Waals surface area (Å²) in [6, 6.07) is 8.60. The molecule has 0 unspecified atom stereocenters. The molecule has 0 fully saturated rings. The minimum absolute atomic E-state index is 0.123. The van der Waals surface area contributed by atoms with Crippen molar-refractivity contribution < 1.29 is 0 Å². The molecule has 18 heavy (non-hydrogen) atoms. The second-order valence-corrected chi connectivity index (χ2v) is 5.51. The Morgan fingerprint density at radius 3 is 2.67 bits per heavy atom. The summed E-state index contributed by atoms with van der Waals surface area (Å²) in [6.45, 7) is 6.38. The molecular weight excluding hydrogens is 222 g/mol. The van der Waals surface area contributed by atoms with Gasteiger partial charge in [0.25, 0.3) is 0 Å². The summed E-state index contributed by atoms with van der Waals surface area (Å²) in [5, 5.41) is 7.90. The number of para-hydroxylation sites is 1. The van der Waals surface area contributed by atoms with Gasteiger partial charge < -0.3 is 15.2 Å². The lowest BCUT2D eigenvalue weighted by Crippen LogP contribution is -2.37. The zero-order chi connectivity index (χ0) is 13.2. The maximum atomic E-state index is 3.43. The largest absolute Gasteiger partial charge is 0.350 e. The van der Waals surface area contributed by atoms with Crippen LogP contribution < -0.4 is 10.6 Å². The van der Waals surface area contributed by atoms with E-state index >= 15 is 0 Å². The van der Waals surface area contributed by atoms with E-state index in [1.807, 2.05) is 7.05 Å². The van der Waals surface area contributed by atoms with Crippen LogP contribution in [-0.4, -0.2) is 24.8 Å². The Labute approximate surface area is 109 Å². The molecule has 0 spiro atoms. The van der Waals surface area contributed by atoms with E-state index in [0.29, 0.717) is 0 Å². The normalized spacial score (nSPS) is 12.2. The minimum atomic E-state index is 0.123.